The van der Waals surface area contributed by atoms with Gasteiger partial charge in [-0.3, -0.25) is 14.0 Å². The third-order valence-electron chi connectivity index (χ3n) is 3.91. The molecule has 1 aromatic carbocycles. The zero-order chi connectivity index (χ0) is 18.0. The second-order valence-corrected chi connectivity index (χ2v) is 5.86. The number of nitrogens with zero attached hydrogens (tertiary/aromatic N) is 2. The van der Waals surface area contributed by atoms with E-state index in [1.165, 1.54) is 6.92 Å². The van der Waals surface area contributed by atoms with Gasteiger partial charge in [-0.15, -0.1) is 0 Å². The number of hydrogen-bond donors (Lipinski definition) is 2. The monoisotopic (exact) mass is 336 g/mol. The van der Waals surface area contributed by atoms with Crippen LogP contribution >= 0.6 is 0 Å². The molecule has 0 saturated heterocycles. The number of nitrogens with one attached hydrogen (secondary N) is 2. The molecule has 0 aliphatic heterocycles. The van der Waals surface area contributed by atoms with Crippen LogP contribution in [0.25, 0.3) is 5.65 Å². The zero-order valence-electron chi connectivity index (χ0n) is 14.5. The molecule has 0 aliphatic rings. The van der Waals surface area contributed by atoms with Gasteiger partial charge in [0.2, 0.25) is 5.91 Å². The molecule has 0 fully saturated rings. The van der Waals surface area contributed by atoms with Crippen LogP contribution in [0, 0.1) is 6.92 Å². The Morgan fingerprint density at radius 3 is 2.52 bits per heavy atom. The summed E-state index contributed by atoms with van der Waals surface area (Å²) in [5.41, 5.74) is 4.34. The average Bonchev–Trinajstić information content (AvgIpc) is 2.94. The number of pyridine rings is 1. The van der Waals surface area contributed by atoms with Crippen molar-refractivity contribution in [2.75, 3.05) is 10.6 Å². The highest BCUT2D eigenvalue weighted by atomic mass is 16.2. The SMILES string of the molecule is CCc1nc2c(C)cccn2c1C(=O)Nc1cccc(NC(C)=O)c1. The fourth-order valence-electron chi connectivity index (χ4n) is 2.81. The van der Waals surface area contributed by atoms with E-state index in [1.807, 2.05) is 36.6 Å². The van der Waals surface area contributed by atoms with Crippen molar-refractivity contribution in [3.05, 3.63) is 59.5 Å². The first-order valence-electron chi connectivity index (χ1n) is 8.15. The lowest BCUT2D eigenvalue weighted by molar-refractivity contribution is -0.114. The third-order valence-corrected chi connectivity index (χ3v) is 3.91. The molecule has 0 atom stereocenters. The molecule has 6 nitrogen and oxygen atoms in total. The standard InChI is InChI=1S/C19H20N4O2/c1-4-16-17(23-10-6-7-12(2)18(23)22-16)19(25)21-15-9-5-8-14(11-15)20-13(3)24/h5-11H,4H2,1-3H3,(H,20,24)(H,21,25). The first-order valence-corrected chi connectivity index (χ1v) is 8.15. The molecule has 2 N–H and O–H groups in total. The van der Waals surface area contributed by atoms with E-state index in [2.05, 4.69) is 15.6 Å². The topological polar surface area (TPSA) is 75.5 Å². The van der Waals surface area contributed by atoms with Crippen molar-refractivity contribution in [3.8, 4) is 0 Å². The number of anilines is 2. The zero-order valence-corrected chi connectivity index (χ0v) is 14.5. The fourth-order valence-corrected chi connectivity index (χ4v) is 2.81. The van der Waals surface area contributed by atoms with Crippen LogP contribution in [0.4, 0.5) is 11.4 Å². The summed E-state index contributed by atoms with van der Waals surface area (Å²) >= 11 is 0. The summed E-state index contributed by atoms with van der Waals surface area (Å²) in [5.74, 6) is -0.385. The Morgan fingerprint density at radius 2 is 1.84 bits per heavy atom. The molecule has 3 aromatic rings. The summed E-state index contributed by atoms with van der Waals surface area (Å²) < 4.78 is 1.82. The van der Waals surface area contributed by atoms with Crippen LogP contribution in [0.15, 0.2) is 42.6 Å². The molecule has 2 aromatic heterocycles. The number of carbonyl (C=O) groups excluding carboxylic acids is 2. The predicted molar refractivity (Wildman–Crippen MR) is 98.0 cm³/mol. The molecule has 2 heterocycles. The van der Waals surface area contributed by atoms with E-state index in [-0.39, 0.29) is 11.8 Å². The maximum Gasteiger partial charge on any atom is 0.274 e. The summed E-state index contributed by atoms with van der Waals surface area (Å²) in [5, 5.41) is 5.60. The van der Waals surface area contributed by atoms with Crippen LogP contribution in [-0.4, -0.2) is 21.2 Å². The van der Waals surface area contributed by atoms with Gasteiger partial charge in [0, 0.05) is 24.5 Å². The second kappa shape index (κ2) is 6.76. The maximum atomic E-state index is 12.9. The molecule has 0 radical (unpaired) electrons. The lowest BCUT2D eigenvalue weighted by Gasteiger charge is -2.09. The Kier molecular flexibility index (Phi) is 4.52. The van der Waals surface area contributed by atoms with Gasteiger partial charge in [-0.2, -0.15) is 0 Å². The van der Waals surface area contributed by atoms with Gasteiger partial charge in [0.1, 0.15) is 11.3 Å². The van der Waals surface area contributed by atoms with Crippen LogP contribution in [0.1, 0.15) is 35.6 Å². The number of imidazole rings is 1. The average molecular weight is 336 g/mol. The number of amides is 2. The van der Waals surface area contributed by atoms with Crippen molar-refractivity contribution < 1.29 is 9.59 Å². The van der Waals surface area contributed by atoms with Crippen LogP contribution in [0.2, 0.25) is 0 Å². The number of aromatic nitrogens is 2. The molecule has 3 rings (SSSR count). The smallest absolute Gasteiger partial charge is 0.274 e. The highest BCUT2D eigenvalue weighted by Crippen LogP contribution is 2.20. The quantitative estimate of drug-likeness (QED) is 0.766. The minimum atomic E-state index is -0.227. The molecular formula is C19H20N4O2. The van der Waals surface area contributed by atoms with Gasteiger partial charge in [-0.1, -0.05) is 19.1 Å². The van der Waals surface area contributed by atoms with E-state index >= 15 is 0 Å². The molecule has 0 saturated carbocycles. The van der Waals surface area contributed by atoms with Crippen molar-refractivity contribution in [3.63, 3.8) is 0 Å². The molecule has 6 heteroatoms. The second-order valence-electron chi connectivity index (χ2n) is 5.86. The number of fused-ring (bicyclic) bond motifs is 1. The highest BCUT2D eigenvalue weighted by molar-refractivity contribution is 6.05. The van der Waals surface area contributed by atoms with Gasteiger partial charge < -0.3 is 10.6 Å². The third kappa shape index (κ3) is 3.38. The molecule has 0 spiro atoms. The molecular weight excluding hydrogens is 316 g/mol. The van der Waals surface area contributed by atoms with E-state index in [0.717, 1.165) is 16.9 Å². The van der Waals surface area contributed by atoms with Crippen LogP contribution < -0.4 is 10.6 Å². The Balaban J connectivity index is 1.95. The Hall–Kier alpha value is -3.15. The van der Waals surface area contributed by atoms with Gasteiger partial charge >= 0.3 is 0 Å². The van der Waals surface area contributed by atoms with E-state index < -0.39 is 0 Å². The molecule has 128 valence electrons. The van der Waals surface area contributed by atoms with E-state index in [1.54, 1.807) is 24.3 Å². The Morgan fingerprint density at radius 1 is 1.12 bits per heavy atom. The van der Waals surface area contributed by atoms with Gasteiger partial charge in [0.15, 0.2) is 0 Å². The van der Waals surface area contributed by atoms with Crippen LogP contribution in [-0.2, 0) is 11.2 Å². The molecule has 0 bridgehead atoms. The lowest BCUT2D eigenvalue weighted by atomic mass is 10.2. The predicted octanol–water partition coefficient (Wildman–Crippen LogP) is 3.42. The van der Waals surface area contributed by atoms with Crippen molar-refractivity contribution in [1.82, 2.24) is 9.38 Å². The van der Waals surface area contributed by atoms with Gasteiger partial charge in [0.05, 0.1) is 5.69 Å². The molecule has 25 heavy (non-hydrogen) atoms. The summed E-state index contributed by atoms with van der Waals surface area (Å²) in [6.45, 7) is 5.39. The van der Waals surface area contributed by atoms with E-state index in [4.69, 9.17) is 0 Å². The van der Waals surface area contributed by atoms with Crippen molar-refractivity contribution in [2.45, 2.75) is 27.2 Å². The molecule has 2 amide bonds. The summed E-state index contributed by atoms with van der Waals surface area (Å²) in [6.07, 6.45) is 2.51. The highest BCUT2D eigenvalue weighted by Gasteiger charge is 2.19. The number of benzene rings is 1. The van der Waals surface area contributed by atoms with Crippen molar-refractivity contribution in [2.24, 2.45) is 0 Å². The Bertz CT molecular complexity index is 959. The van der Waals surface area contributed by atoms with Crippen molar-refractivity contribution >= 4 is 28.8 Å². The van der Waals surface area contributed by atoms with Gasteiger partial charge in [-0.05, 0) is 43.2 Å². The normalized spacial score (nSPS) is 10.7. The summed E-state index contributed by atoms with van der Waals surface area (Å²) in [7, 11) is 0. The number of rotatable bonds is 4. The minimum Gasteiger partial charge on any atom is -0.326 e. The Labute approximate surface area is 145 Å². The fraction of sp³-hybridized carbons (Fsp3) is 0.211. The van der Waals surface area contributed by atoms with E-state index in [0.29, 0.717) is 23.5 Å². The number of carbonyl (C=O) groups is 2. The maximum absolute atomic E-state index is 12.9. The first kappa shape index (κ1) is 16.7. The van der Waals surface area contributed by atoms with Crippen molar-refractivity contribution in [1.29, 1.82) is 0 Å². The number of aryl methyl sites for hydroxylation is 2. The molecule has 0 aliphatic carbocycles. The van der Waals surface area contributed by atoms with Crippen LogP contribution in [0.5, 0.6) is 0 Å². The van der Waals surface area contributed by atoms with Gasteiger partial charge in [0.25, 0.3) is 5.91 Å². The lowest BCUT2D eigenvalue weighted by Crippen LogP contribution is -2.16. The molecule has 0 unspecified atom stereocenters. The first-order chi connectivity index (χ1) is 12.0. The minimum absolute atomic E-state index is 0.158. The summed E-state index contributed by atoms with van der Waals surface area (Å²) in [4.78, 5) is 28.6. The largest absolute Gasteiger partial charge is 0.326 e. The van der Waals surface area contributed by atoms with Gasteiger partial charge in [-0.25, -0.2) is 4.98 Å². The van der Waals surface area contributed by atoms with E-state index in [9.17, 15) is 9.59 Å². The summed E-state index contributed by atoms with van der Waals surface area (Å²) in [6, 6.07) is 10.9. The van der Waals surface area contributed by atoms with Crippen LogP contribution in [0.3, 0.4) is 0 Å². The number of hydrogen-bond acceptors (Lipinski definition) is 3.